The first-order valence-electron chi connectivity index (χ1n) is 3.35. The van der Waals surface area contributed by atoms with Crippen LogP contribution in [0.4, 0.5) is 0 Å². The van der Waals surface area contributed by atoms with Crippen LogP contribution in [0.15, 0.2) is 11.6 Å². The van der Waals surface area contributed by atoms with Gasteiger partial charge in [-0.05, 0) is 25.5 Å². The number of carboxylic acids is 1. The van der Waals surface area contributed by atoms with Gasteiger partial charge in [0.05, 0.1) is 12.4 Å². The van der Waals surface area contributed by atoms with Crippen LogP contribution in [0, 0.1) is 0 Å². The molecule has 0 saturated carbocycles. The van der Waals surface area contributed by atoms with E-state index in [2.05, 4.69) is 0 Å². The number of carbonyl (C=O) groups excluding carboxylic acids is 3. The van der Waals surface area contributed by atoms with E-state index in [1.165, 1.54) is 13.8 Å². The Bertz CT molecular complexity index is 250. The summed E-state index contributed by atoms with van der Waals surface area (Å²) in [6, 6.07) is 0. The Morgan fingerprint density at radius 1 is 1.25 bits per heavy atom. The molecule has 0 aromatic heterocycles. The van der Waals surface area contributed by atoms with Crippen molar-refractivity contribution in [2.24, 2.45) is 0 Å². The van der Waals surface area contributed by atoms with Crippen molar-refractivity contribution in [1.82, 2.24) is 0 Å². The minimum Gasteiger partial charge on any atom is -0.545 e. The minimum absolute atomic E-state index is 0.166. The van der Waals surface area contributed by atoms with Crippen LogP contribution in [-0.2, 0) is 14.4 Å². The molecule has 0 spiro atoms. The second kappa shape index (κ2) is 4.43. The van der Waals surface area contributed by atoms with Crippen LogP contribution < -0.4 is 5.11 Å². The number of allylic oxidation sites excluding steroid dienone is 1. The first-order chi connectivity index (χ1) is 5.43. The van der Waals surface area contributed by atoms with Crippen molar-refractivity contribution < 1.29 is 19.5 Å². The maximum atomic E-state index is 10.8. The first-order valence-corrected chi connectivity index (χ1v) is 3.35. The molecule has 4 nitrogen and oxygen atoms in total. The molecule has 0 unspecified atom stereocenters. The molecular formula is C8H9O4-. The van der Waals surface area contributed by atoms with Crippen LogP contribution in [0.3, 0.4) is 0 Å². The maximum absolute atomic E-state index is 10.8. The summed E-state index contributed by atoms with van der Waals surface area (Å²) in [5.41, 5.74) is -0.166. The Kier molecular flexibility index (Phi) is 3.90. The van der Waals surface area contributed by atoms with Crippen LogP contribution in [0.2, 0.25) is 0 Å². The zero-order chi connectivity index (χ0) is 9.72. The normalized spacial score (nSPS) is 11.0. The number of carboxylic acid groups (broad SMARTS) is 1. The third-order valence-electron chi connectivity index (χ3n) is 1.12. The fraction of sp³-hybridized carbons (Fsp3) is 0.375. The van der Waals surface area contributed by atoms with Gasteiger partial charge < -0.3 is 9.90 Å². The van der Waals surface area contributed by atoms with Gasteiger partial charge in [-0.15, -0.1) is 0 Å². The number of Topliss-reactive ketones (excluding diaryl/α,β-unsaturated/α-hetero) is 1. The highest BCUT2D eigenvalue weighted by Gasteiger charge is 2.02. The second-order valence-corrected chi connectivity index (χ2v) is 2.46. The molecule has 0 bridgehead atoms. The standard InChI is InChI=1S/C8H10O4/c1-5(8(11)12)3-7(10)4-6(2)9/h3H,4H2,1-2H3,(H,11,12)/p-1/b5-3+. The fourth-order valence-corrected chi connectivity index (χ4v) is 0.597. The predicted octanol–water partition coefficient (Wildman–Crippen LogP) is -0.769. The zero-order valence-corrected chi connectivity index (χ0v) is 6.92. The molecular weight excluding hydrogens is 160 g/mol. The van der Waals surface area contributed by atoms with Gasteiger partial charge in [0, 0.05) is 0 Å². The Morgan fingerprint density at radius 2 is 1.75 bits per heavy atom. The van der Waals surface area contributed by atoms with Gasteiger partial charge in [-0.3, -0.25) is 9.59 Å². The van der Waals surface area contributed by atoms with Crippen molar-refractivity contribution in [3.63, 3.8) is 0 Å². The molecule has 0 atom stereocenters. The largest absolute Gasteiger partial charge is 0.545 e. The number of rotatable bonds is 4. The average Bonchev–Trinajstić information content (AvgIpc) is 1.84. The summed E-state index contributed by atoms with van der Waals surface area (Å²) < 4.78 is 0. The Labute approximate surface area is 69.9 Å². The van der Waals surface area contributed by atoms with Gasteiger partial charge in [-0.1, -0.05) is 0 Å². The van der Waals surface area contributed by atoms with E-state index in [9.17, 15) is 19.5 Å². The van der Waals surface area contributed by atoms with E-state index in [0.717, 1.165) is 6.08 Å². The Hall–Kier alpha value is -1.45. The predicted molar refractivity (Wildman–Crippen MR) is 39.1 cm³/mol. The first kappa shape index (κ1) is 10.6. The van der Waals surface area contributed by atoms with E-state index in [4.69, 9.17) is 0 Å². The molecule has 4 heteroatoms. The van der Waals surface area contributed by atoms with Gasteiger partial charge in [-0.25, -0.2) is 0 Å². The second-order valence-electron chi connectivity index (χ2n) is 2.46. The number of hydrogen-bond acceptors (Lipinski definition) is 4. The molecule has 12 heavy (non-hydrogen) atoms. The quantitative estimate of drug-likeness (QED) is 0.409. The summed E-state index contributed by atoms with van der Waals surface area (Å²) in [5.74, 6) is -2.20. The molecule has 0 aliphatic heterocycles. The highest BCUT2D eigenvalue weighted by molar-refractivity contribution is 6.06. The summed E-state index contributed by atoms with van der Waals surface area (Å²) in [5, 5.41) is 10.1. The van der Waals surface area contributed by atoms with Crippen molar-refractivity contribution in [1.29, 1.82) is 0 Å². The molecule has 0 saturated heterocycles. The van der Waals surface area contributed by atoms with Crippen LogP contribution in [0.5, 0.6) is 0 Å². The van der Waals surface area contributed by atoms with E-state index < -0.39 is 11.8 Å². The molecule has 0 aliphatic rings. The van der Waals surface area contributed by atoms with Crippen molar-refractivity contribution in [2.45, 2.75) is 20.3 Å². The molecule has 0 amide bonds. The van der Waals surface area contributed by atoms with Crippen molar-refractivity contribution >= 4 is 17.5 Å². The number of hydrogen-bond donors (Lipinski definition) is 0. The van der Waals surface area contributed by atoms with Crippen LogP contribution in [0.25, 0.3) is 0 Å². The van der Waals surface area contributed by atoms with Crippen LogP contribution >= 0.6 is 0 Å². The van der Waals surface area contributed by atoms with Gasteiger partial charge in [0.2, 0.25) is 0 Å². The number of aliphatic carboxylic acids is 1. The average molecular weight is 169 g/mol. The molecule has 0 N–H and O–H groups in total. The SMILES string of the molecule is CC(=O)CC(=O)/C=C(\C)C(=O)[O-]. The van der Waals surface area contributed by atoms with E-state index in [1.54, 1.807) is 0 Å². The molecule has 66 valence electrons. The maximum Gasteiger partial charge on any atom is 0.163 e. The van der Waals surface area contributed by atoms with Crippen LogP contribution in [-0.4, -0.2) is 17.5 Å². The Morgan fingerprint density at radius 3 is 2.08 bits per heavy atom. The van der Waals surface area contributed by atoms with Crippen molar-refractivity contribution in [2.75, 3.05) is 0 Å². The lowest BCUT2D eigenvalue weighted by atomic mass is 10.1. The topological polar surface area (TPSA) is 74.3 Å². The molecule has 0 heterocycles. The van der Waals surface area contributed by atoms with E-state index in [-0.39, 0.29) is 17.8 Å². The van der Waals surface area contributed by atoms with E-state index in [1.807, 2.05) is 0 Å². The van der Waals surface area contributed by atoms with Crippen molar-refractivity contribution in [3.8, 4) is 0 Å². The summed E-state index contributed by atoms with van der Waals surface area (Å²) in [7, 11) is 0. The van der Waals surface area contributed by atoms with E-state index in [0.29, 0.717) is 0 Å². The van der Waals surface area contributed by atoms with Gasteiger partial charge in [0.1, 0.15) is 5.78 Å². The van der Waals surface area contributed by atoms with Gasteiger partial charge in [-0.2, -0.15) is 0 Å². The summed E-state index contributed by atoms with van der Waals surface area (Å²) in [6.45, 7) is 2.51. The lowest BCUT2D eigenvalue weighted by Crippen LogP contribution is -2.23. The Balaban J connectivity index is 4.24. The zero-order valence-electron chi connectivity index (χ0n) is 6.92. The molecule has 0 rings (SSSR count). The third-order valence-corrected chi connectivity index (χ3v) is 1.12. The molecule has 0 fully saturated rings. The molecule has 0 aromatic carbocycles. The number of carbonyl (C=O) groups is 3. The highest BCUT2D eigenvalue weighted by Crippen LogP contribution is 1.94. The summed E-state index contributed by atoms with van der Waals surface area (Å²) in [4.78, 5) is 31.3. The summed E-state index contributed by atoms with van der Waals surface area (Å²) in [6.07, 6.45) is 0.640. The molecule has 0 aliphatic carbocycles. The third kappa shape index (κ3) is 4.38. The monoisotopic (exact) mass is 169 g/mol. The van der Waals surface area contributed by atoms with Crippen molar-refractivity contribution in [3.05, 3.63) is 11.6 Å². The molecule has 0 aromatic rings. The van der Waals surface area contributed by atoms with Gasteiger partial charge >= 0.3 is 0 Å². The van der Waals surface area contributed by atoms with Gasteiger partial charge in [0.15, 0.2) is 5.78 Å². The van der Waals surface area contributed by atoms with E-state index >= 15 is 0 Å². The van der Waals surface area contributed by atoms with Crippen LogP contribution in [0.1, 0.15) is 20.3 Å². The number of ketones is 2. The fourth-order valence-electron chi connectivity index (χ4n) is 0.597. The lowest BCUT2D eigenvalue weighted by molar-refractivity contribution is -0.299. The summed E-state index contributed by atoms with van der Waals surface area (Å²) >= 11 is 0. The highest BCUT2D eigenvalue weighted by atomic mass is 16.4. The lowest BCUT2D eigenvalue weighted by Gasteiger charge is -1.99. The molecule has 0 radical (unpaired) electrons. The minimum atomic E-state index is -1.40. The van der Waals surface area contributed by atoms with Gasteiger partial charge in [0.25, 0.3) is 0 Å². The smallest absolute Gasteiger partial charge is 0.163 e.